The van der Waals surface area contributed by atoms with E-state index < -0.39 is 11.9 Å². The number of aliphatic carboxylic acids is 2. The van der Waals surface area contributed by atoms with E-state index in [0.717, 1.165) is 32.2 Å². The van der Waals surface area contributed by atoms with Gasteiger partial charge in [0.1, 0.15) is 6.04 Å². The Morgan fingerprint density at radius 2 is 1.18 bits per heavy atom. The van der Waals surface area contributed by atoms with Crippen LogP contribution < -0.4 is 5.32 Å². The van der Waals surface area contributed by atoms with Crippen LogP contribution in [0.25, 0.3) is 0 Å². The lowest BCUT2D eigenvalue weighted by Gasteiger charge is -2.03. The second-order valence-electron chi connectivity index (χ2n) is 8.08. The van der Waals surface area contributed by atoms with Gasteiger partial charge in [0.05, 0.1) is 0 Å². The van der Waals surface area contributed by atoms with Crippen molar-refractivity contribution >= 4 is 11.9 Å². The highest BCUT2D eigenvalue weighted by Gasteiger charge is 2.20. The minimum atomic E-state index is -0.720. The first-order valence-electron chi connectivity index (χ1n) is 11.8. The van der Waals surface area contributed by atoms with E-state index in [1.807, 2.05) is 0 Å². The third kappa shape index (κ3) is 19.7. The Balaban J connectivity index is 0.000000749. The van der Waals surface area contributed by atoms with Crippen LogP contribution in [0.15, 0.2) is 0 Å². The summed E-state index contributed by atoms with van der Waals surface area (Å²) in [6.07, 6.45) is 22.0. The summed E-state index contributed by atoms with van der Waals surface area (Å²) in [6.45, 7) is 3.13. The van der Waals surface area contributed by atoms with Crippen molar-refractivity contribution in [2.24, 2.45) is 0 Å². The van der Waals surface area contributed by atoms with Crippen LogP contribution in [-0.4, -0.2) is 34.7 Å². The van der Waals surface area contributed by atoms with E-state index in [2.05, 4.69) is 12.2 Å². The first kappa shape index (κ1) is 26.9. The van der Waals surface area contributed by atoms with E-state index in [0.29, 0.717) is 6.42 Å². The van der Waals surface area contributed by atoms with Crippen LogP contribution in [0.5, 0.6) is 0 Å². The summed E-state index contributed by atoms with van der Waals surface area (Å²) in [4.78, 5) is 20.5. The lowest BCUT2D eigenvalue weighted by molar-refractivity contribution is -0.139. The van der Waals surface area contributed by atoms with Gasteiger partial charge in [-0.05, 0) is 25.8 Å². The molecule has 0 aromatic rings. The second kappa shape index (κ2) is 20.6. The standard InChI is InChI=1S/C18H36O2.C5H9NO2/c1-2-3-4-5-6-7-8-9-10-11-12-13-14-15-16-17-18(19)20;7-5(8)4-2-1-3-6-4/h2-17H2,1H3,(H,19,20);4,6H,1-3H2,(H,7,8)/t;4-/m.0/s1. The smallest absolute Gasteiger partial charge is 0.320 e. The van der Waals surface area contributed by atoms with E-state index in [1.165, 1.54) is 83.5 Å². The number of nitrogens with one attached hydrogen (secondary N) is 1. The van der Waals surface area contributed by atoms with Gasteiger partial charge in [-0.1, -0.05) is 96.8 Å². The molecule has 1 saturated heterocycles. The maximum atomic E-state index is 10.3. The summed E-state index contributed by atoms with van der Waals surface area (Å²) in [5.41, 5.74) is 0. The molecule has 28 heavy (non-hydrogen) atoms. The predicted octanol–water partition coefficient (Wildman–Crippen LogP) is 6.16. The highest BCUT2D eigenvalue weighted by molar-refractivity contribution is 5.73. The van der Waals surface area contributed by atoms with Crippen LogP contribution in [0.3, 0.4) is 0 Å². The van der Waals surface area contributed by atoms with Crippen LogP contribution >= 0.6 is 0 Å². The largest absolute Gasteiger partial charge is 0.481 e. The van der Waals surface area contributed by atoms with Crippen molar-refractivity contribution in [3.05, 3.63) is 0 Å². The molecule has 1 aliphatic heterocycles. The molecule has 1 rings (SSSR count). The van der Waals surface area contributed by atoms with Crippen molar-refractivity contribution in [2.45, 2.75) is 129 Å². The van der Waals surface area contributed by atoms with Crippen molar-refractivity contribution in [1.29, 1.82) is 0 Å². The van der Waals surface area contributed by atoms with Gasteiger partial charge in [0.25, 0.3) is 0 Å². The first-order chi connectivity index (χ1) is 13.6. The SMILES string of the molecule is CCCCCCCCCCCCCCCCCC(=O)O.O=C(O)[C@@H]1CCCN1. The van der Waals surface area contributed by atoms with Crippen molar-refractivity contribution in [3.8, 4) is 0 Å². The fourth-order valence-corrected chi connectivity index (χ4v) is 3.54. The topological polar surface area (TPSA) is 86.6 Å². The average Bonchev–Trinajstić information content (AvgIpc) is 3.20. The number of carboxylic acid groups (broad SMARTS) is 2. The molecule has 0 aliphatic carbocycles. The zero-order valence-corrected chi connectivity index (χ0v) is 18.2. The summed E-state index contributed by atoms with van der Waals surface area (Å²) >= 11 is 0. The molecule has 0 bridgehead atoms. The predicted molar refractivity (Wildman–Crippen MR) is 116 cm³/mol. The molecule has 1 fully saturated rings. The molecule has 0 saturated carbocycles. The summed E-state index contributed by atoms with van der Waals surface area (Å²) < 4.78 is 0. The molecule has 0 unspecified atom stereocenters. The van der Waals surface area contributed by atoms with E-state index in [-0.39, 0.29) is 6.04 Å². The van der Waals surface area contributed by atoms with E-state index >= 15 is 0 Å². The highest BCUT2D eigenvalue weighted by Crippen LogP contribution is 2.13. The molecule has 0 radical (unpaired) electrons. The number of unbranched alkanes of at least 4 members (excludes halogenated alkanes) is 14. The normalized spacial score (nSPS) is 15.8. The lowest BCUT2D eigenvalue weighted by Crippen LogP contribution is -2.29. The summed E-state index contributed by atoms with van der Waals surface area (Å²) in [5, 5.41) is 19.7. The Hall–Kier alpha value is -1.10. The maximum absolute atomic E-state index is 10.3. The van der Waals surface area contributed by atoms with Gasteiger partial charge >= 0.3 is 11.9 Å². The van der Waals surface area contributed by atoms with Crippen molar-refractivity contribution in [2.75, 3.05) is 6.54 Å². The van der Waals surface area contributed by atoms with Gasteiger partial charge in [-0.2, -0.15) is 0 Å². The van der Waals surface area contributed by atoms with Crippen molar-refractivity contribution in [1.82, 2.24) is 5.32 Å². The molecule has 0 aromatic heterocycles. The molecule has 166 valence electrons. The molecule has 0 aromatic carbocycles. The van der Waals surface area contributed by atoms with Crippen LogP contribution in [0.2, 0.25) is 0 Å². The molecule has 3 N–H and O–H groups in total. The van der Waals surface area contributed by atoms with Crippen LogP contribution in [0.4, 0.5) is 0 Å². The van der Waals surface area contributed by atoms with Crippen molar-refractivity contribution < 1.29 is 19.8 Å². The minimum absolute atomic E-state index is 0.269. The second-order valence-corrected chi connectivity index (χ2v) is 8.08. The quantitative estimate of drug-likeness (QED) is 0.255. The van der Waals surface area contributed by atoms with E-state index in [1.54, 1.807) is 0 Å². The van der Waals surface area contributed by atoms with Gasteiger partial charge < -0.3 is 15.5 Å². The Kier molecular flexibility index (Phi) is 19.8. The monoisotopic (exact) mass is 399 g/mol. The molecule has 0 spiro atoms. The number of rotatable bonds is 17. The van der Waals surface area contributed by atoms with Crippen LogP contribution in [-0.2, 0) is 9.59 Å². The molecule has 5 heteroatoms. The molecule has 1 atom stereocenters. The minimum Gasteiger partial charge on any atom is -0.481 e. The zero-order chi connectivity index (χ0) is 20.9. The Morgan fingerprint density at radius 1 is 0.750 bits per heavy atom. The fourth-order valence-electron chi connectivity index (χ4n) is 3.54. The first-order valence-corrected chi connectivity index (χ1v) is 11.8. The van der Waals surface area contributed by atoms with Gasteiger partial charge in [-0.25, -0.2) is 0 Å². The third-order valence-electron chi connectivity index (χ3n) is 5.35. The molecule has 1 aliphatic rings. The molecule has 0 amide bonds. The van der Waals surface area contributed by atoms with E-state index in [4.69, 9.17) is 10.2 Å². The molecule has 1 heterocycles. The average molecular weight is 400 g/mol. The molecular formula is C23H45NO4. The molecular weight excluding hydrogens is 354 g/mol. The van der Waals surface area contributed by atoms with Gasteiger partial charge in [0, 0.05) is 6.42 Å². The lowest BCUT2D eigenvalue weighted by atomic mass is 10.0. The number of carboxylic acids is 2. The number of carbonyl (C=O) groups is 2. The Morgan fingerprint density at radius 3 is 1.46 bits per heavy atom. The van der Waals surface area contributed by atoms with Gasteiger partial charge in [0.15, 0.2) is 0 Å². The van der Waals surface area contributed by atoms with Crippen LogP contribution in [0.1, 0.15) is 122 Å². The number of hydrogen-bond acceptors (Lipinski definition) is 3. The number of hydrogen-bond donors (Lipinski definition) is 3. The highest BCUT2D eigenvalue weighted by atomic mass is 16.4. The van der Waals surface area contributed by atoms with Crippen LogP contribution in [0, 0.1) is 0 Å². The van der Waals surface area contributed by atoms with Gasteiger partial charge in [-0.15, -0.1) is 0 Å². The summed E-state index contributed by atoms with van der Waals surface area (Å²) in [7, 11) is 0. The van der Waals surface area contributed by atoms with Gasteiger partial charge in [0.2, 0.25) is 0 Å². The Bertz CT molecular complexity index is 368. The van der Waals surface area contributed by atoms with Gasteiger partial charge in [-0.3, -0.25) is 9.59 Å². The summed E-state index contributed by atoms with van der Waals surface area (Å²) in [5.74, 6) is -1.37. The summed E-state index contributed by atoms with van der Waals surface area (Å²) in [6, 6.07) is -0.269. The van der Waals surface area contributed by atoms with Crippen molar-refractivity contribution in [3.63, 3.8) is 0 Å². The molecule has 5 nitrogen and oxygen atoms in total. The third-order valence-corrected chi connectivity index (χ3v) is 5.35. The van der Waals surface area contributed by atoms with E-state index in [9.17, 15) is 9.59 Å². The Labute approximate surface area is 172 Å². The maximum Gasteiger partial charge on any atom is 0.320 e. The fraction of sp³-hybridized carbons (Fsp3) is 0.913. The zero-order valence-electron chi connectivity index (χ0n) is 18.2.